The Morgan fingerprint density at radius 3 is 2.38 bits per heavy atom. The van der Waals surface area contributed by atoms with Crippen LogP contribution in [0.3, 0.4) is 0 Å². The van der Waals surface area contributed by atoms with Gasteiger partial charge in [-0.05, 0) is 35.1 Å². The van der Waals surface area contributed by atoms with Crippen LogP contribution in [0.15, 0.2) is 28.7 Å². The second-order valence-electron chi connectivity index (χ2n) is 5.53. The molecule has 21 heavy (non-hydrogen) atoms. The van der Waals surface area contributed by atoms with E-state index in [1.165, 1.54) is 5.69 Å². The van der Waals surface area contributed by atoms with Crippen molar-refractivity contribution in [1.82, 2.24) is 14.7 Å². The molecular formula is C15H20BrN5. The smallest absolute Gasteiger partial charge is 0.121 e. The average molecular weight is 350 g/mol. The number of hydrogen-bond donors (Lipinski definition) is 1. The Hall–Kier alpha value is -1.53. The Bertz CT molecular complexity index is 624. The number of likely N-dealkylation sites (N-methyl/N-ethyl adjacent to an activating group) is 1. The van der Waals surface area contributed by atoms with Gasteiger partial charge in [-0.1, -0.05) is 6.07 Å². The second-order valence-corrected chi connectivity index (χ2v) is 6.39. The van der Waals surface area contributed by atoms with E-state index in [4.69, 9.17) is 5.73 Å². The molecule has 5 nitrogen and oxygen atoms in total. The van der Waals surface area contributed by atoms with Gasteiger partial charge in [0.15, 0.2) is 0 Å². The molecule has 0 atom stereocenters. The number of aromatic nitrogens is 2. The molecule has 6 heteroatoms. The first kappa shape index (κ1) is 14.4. The van der Waals surface area contributed by atoms with Gasteiger partial charge in [-0.15, -0.1) is 0 Å². The lowest BCUT2D eigenvalue weighted by Gasteiger charge is -2.34. The van der Waals surface area contributed by atoms with E-state index >= 15 is 0 Å². The van der Waals surface area contributed by atoms with Crippen molar-refractivity contribution in [2.24, 2.45) is 7.05 Å². The third-order valence-corrected chi connectivity index (χ3v) is 4.64. The van der Waals surface area contributed by atoms with Crippen molar-refractivity contribution in [3.05, 3.63) is 28.7 Å². The van der Waals surface area contributed by atoms with Crippen LogP contribution < -0.4 is 10.6 Å². The summed E-state index contributed by atoms with van der Waals surface area (Å²) in [6.07, 6.45) is 0. The number of nitrogens with zero attached hydrogens (tertiary/aromatic N) is 4. The molecule has 112 valence electrons. The normalized spacial score (nSPS) is 16.4. The van der Waals surface area contributed by atoms with Crippen LogP contribution in [-0.2, 0) is 7.05 Å². The summed E-state index contributed by atoms with van der Waals surface area (Å²) in [5, 5.41) is 4.42. The van der Waals surface area contributed by atoms with Crippen LogP contribution in [-0.4, -0.2) is 47.9 Å². The fourth-order valence-electron chi connectivity index (χ4n) is 2.59. The maximum Gasteiger partial charge on any atom is 0.121 e. The van der Waals surface area contributed by atoms with Crippen molar-refractivity contribution in [1.29, 1.82) is 0 Å². The van der Waals surface area contributed by atoms with Crippen LogP contribution >= 0.6 is 15.9 Å². The van der Waals surface area contributed by atoms with Gasteiger partial charge in [-0.3, -0.25) is 4.68 Å². The summed E-state index contributed by atoms with van der Waals surface area (Å²) in [4.78, 5) is 4.77. The molecule has 0 bridgehead atoms. The first-order chi connectivity index (χ1) is 10.0. The zero-order chi connectivity index (χ0) is 15.0. The standard InChI is InChI=1S/C15H20BrN5/c1-19-5-7-21(8-6-19)14-4-3-11(9-12(14)16)13-10-15(17)20(2)18-13/h3-4,9-10H,5-8,17H2,1-2H3. The number of nitrogen functional groups attached to an aromatic ring is 1. The molecule has 0 saturated carbocycles. The molecule has 1 saturated heterocycles. The minimum atomic E-state index is 0.671. The van der Waals surface area contributed by atoms with E-state index in [-0.39, 0.29) is 0 Å². The Labute approximate surface area is 133 Å². The number of rotatable bonds is 2. The third-order valence-electron chi connectivity index (χ3n) is 4.00. The van der Waals surface area contributed by atoms with Crippen molar-refractivity contribution < 1.29 is 0 Å². The van der Waals surface area contributed by atoms with Crippen LogP contribution in [0.5, 0.6) is 0 Å². The van der Waals surface area contributed by atoms with Crippen molar-refractivity contribution in [3.63, 3.8) is 0 Å². The molecule has 0 radical (unpaired) electrons. The molecule has 0 unspecified atom stereocenters. The Balaban J connectivity index is 1.86. The molecule has 1 aromatic heterocycles. The number of hydrogen-bond acceptors (Lipinski definition) is 4. The van der Waals surface area contributed by atoms with Gasteiger partial charge in [0, 0.05) is 49.3 Å². The van der Waals surface area contributed by atoms with Gasteiger partial charge in [-0.25, -0.2) is 0 Å². The quantitative estimate of drug-likeness (QED) is 0.902. The zero-order valence-electron chi connectivity index (χ0n) is 12.4. The van der Waals surface area contributed by atoms with Gasteiger partial charge in [0.25, 0.3) is 0 Å². The zero-order valence-corrected chi connectivity index (χ0v) is 14.0. The van der Waals surface area contributed by atoms with Gasteiger partial charge in [0.05, 0.1) is 11.4 Å². The molecule has 0 aliphatic carbocycles. The summed E-state index contributed by atoms with van der Waals surface area (Å²) in [7, 11) is 4.02. The van der Waals surface area contributed by atoms with E-state index in [1.54, 1.807) is 4.68 Å². The fourth-order valence-corrected chi connectivity index (χ4v) is 3.22. The van der Waals surface area contributed by atoms with Crippen LogP contribution in [0, 0.1) is 0 Å². The number of halogens is 1. The Morgan fingerprint density at radius 1 is 1.10 bits per heavy atom. The highest BCUT2D eigenvalue weighted by Gasteiger charge is 2.17. The van der Waals surface area contributed by atoms with Crippen molar-refractivity contribution in [3.8, 4) is 11.3 Å². The lowest BCUT2D eigenvalue weighted by Crippen LogP contribution is -2.44. The van der Waals surface area contributed by atoms with Gasteiger partial charge in [0.2, 0.25) is 0 Å². The highest BCUT2D eigenvalue weighted by Crippen LogP contribution is 2.32. The van der Waals surface area contributed by atoms with Crippen LogP contribution in [0.2, 0.25) is 0 Å². The summed E-state index contributed by atoms with van der Waals surface area (Å²) in [5.41, 5.74) is 9.08. The lowest BCUT2D eigenvalue weighted by molar-refractivity contribution is 0.312. The molecule has 1 fully saturated rings. The van der Waals surface area contributed by atoms with Gasteiger partial charge in [-0.2, -0.15) is 5.10 Å². The molecule has 3 rings (SSSR count). The SMILES string of the molecule is CN1CCN(c2ccc(-c3cc(N)n(C)n3)cc2Br)CC1. The van der Waals surface area contributed by atoms with E-state index < -0.39 is 0 Å². The molecule has 0 amide bonds. The monoisotopic (exact) mass is 349 g/mol. The summed E-state index contributed by atoms with van der Waals surface area (Å²) in [6, 6.07) is 8.29. The summed E-state index contributed by atoms with van der Waals surface area (Å²) >= 11 is 3.70. The molecule has 1 aliphatic rings. The maximum atomic E-state index is 5.85. The van der Waals surface area contributed by atoms with E-state index in [2.05, 4.69) is 56.1 Å². The fraction of sp³-hybridized carbons (Fsp3) is 0.400. The first-order valence-electron chi connectivity index (χ1n) is 7.07. The Kier molecular flexibility index (Phi) is 3.91. The predicted molar refractivity (Wildman–Crippen MR) is 90.5 cm³/mol. The van der Waals surface area contributed by atoms with Crippen molar-refractivity contribution in [2.45, 2.75) is 0 Å². The molecule has 2 heterocycles. The minimum absolute atomic E-state index is 0.671. The van der Waals surface area contributed by atoms with Crippen LogP contribution in [0.1, 0.15) is 0 Å². The first-order valence-corrected chi connectivity index (χ1v) is 7.87. The van der Waals surface area contributed by atoms with Crippen LogP contribution in [0.4, 0.5) is 11.5 Å². The molecule has 0 spiro atoms. The summed E-state index contributed by atoms with van der Waals surface area (Å²) in [6.45, 7) is 4.33. The molecular weight excluding hydrogens is 330 g/mol. The summed E-state index contributed by atoms with van der Waals surface area (Å²) in [5.74, 6) is 0.671. The number of aryl methyl sites for hydroxylation is 1. The third kappa shape index (κ3) is 2.91. The number of piperazine rings is 1. The maximum absolute atomic E-state index is 5.85. The average Bonchev–Trinajstić information content (AvgIpc) is 2.80. The number of nitrogens with two attached hydrogens (primary N) is 1. The largest absolute Gasteiger partial charge is 0.384 e. The minimum Gasteiger partial charge on any atom is -0.384 e. The summed E-state index contributed by atoms with van der Waals surface area (Å²) < 4.78 is 2.80. The van der Waals surface area contributed by atoms with E-state index in [9.17, 15) is 0 Å². The second kappa shape index (κ2) is 5.69. The van der Waals surface area contributed by atoms with Gasteiger partial charge < -0.3 is 15.5 Å². The molecule has 2 N–H and O–H groups in total. The lowest BCUT2D eigenvalue weighted by atomic mass is 10.1. The highest BCUT2D eigenvalue weighted by atomic mass is 79.9. The topological polar surface area (TPSA) is 50.3 Å². The molecule has 1 aromatic carbocycles. The van der Waals surface area contributed by atoms with Crippen molar-refractivity contribution >= 4 is 27.4 Å². The van der Waals surface area contributed by atoms with Crippen molar-refractivity contribution in [2.75, 3.05) is 43.9 Å². The van der Waals surface area contributed by atoms with Gasteiger partial charge in [0.1, 0.15) is 5.82 Å². The molecule has 2 aromatic rings. The number of anilines is 2. The van der Waals surface area contributed by atoms with E-state index in [1.807, 2.05) is 13.1 Å². The van der Waals surface area contributed by atoms with Gasteiger partial charge >= 0.3 is 0 Å². The Morgan fingerprint density at radius 2 is 1.81 bits per heavy atom. The number of benzene rings is 1. The van der Waals surface area contributed by atoms with E-state index in [0.717, 1.165) is 41.9 Å². The van der Waals surface area contributed by atoms with Crippen LogP contribution in [0.25, 0.3) is 11.3 Å². The highest BCUT2D eigenvalue weighted by molar-refractivity contribution is 9.10. The predicted octanol–water partition coefficient (Wildman–Crippen LogP) is 2.18. The van der Waals surface area contributed by atoms with E-state index in [0.29, 0.717) is 5.82 Å². The molecule has 1 aliphatic heterocycles.